The Hall–Kier alpha value is -3.86. The van der Waals surface area contributed by atoms with Crippen molar-refractivity contribution in [3.05, 3.63) is 76.3 Å². The number of nitrogens with one attached hydrogen (secondary N) is 2. The van der Waals surface area contributed by atoms with Crippen molar-refractivity contribution >= 4 is 40.6 Å². The zero-order valence-corrected chi connectivity index (χ0v) is 21.0. The lowest BCUT2D eigenvalue weighted by Gasteiger charge is -2.28. The van der Waals surface area contributed by atoms with Gasteiger partial charge < -0.3 is 16.4 Å². The molecule has 2 aromatic carbocycles. The molecule has 194 valence electrons. The molecule has 37 heavy (non-hydrogen) atoms. The number of nitrogens with zero attached hydrogens (tertiary/aromatic N) is 2. The standard InChI is InChI=1S/C26H27F2N5O3S/c1-15(24(34)30-14-16-9-11-17(27)12-10-16)33(20-8-4-5-18(28)13-20)26(36)23-21(29)22(32-37-23)25(35)31-19-6-2-3-7-19/h4-5,8-13,15,19H,2-3,6-7,14,29H2,1H3,(H,30,34)(H,31,35). The van der Waals surface area contributed by atoms with Gasteiger partial charge in [0.25, 0.3) is 11.8 Å². The number of benzene rings is 2. The van der Waals surface area contributed by atoms with E-state index in [1.165, 1.54) is 49.4 Å². The zero-order valence-electron chi connectivity index (χ0n) is 20.2. The first-order valence-electron chi connectivity index (χ1n) is 11.9. The Morgan fingerprint density at radius 2 is 1.81 bits per heavy atom. The van der Waals surface area contributed by atoms with Crippen molar-refractivity contribution in [3.63, 3.8) is 0 Å². The third-order valence-corrected chi connectivity index (χ3v) is 7.13. The van der Waals surface area contributed by atoms with Gasteiger partial charge in [-0.05, 0) is 67.2 Å². The van der Waals surface area contributed by atoms with Gasteiger partial charge in [0.15, 0.2) is 5.69 Å². The highest BCUT2D eigenvalue weighted by Gasteiger charge is 2.33. The molecule has 1 saturated carbocycles. The first-order valence-corrected chi connectivity index (χ1v) is 12.7. The summed E-state index contributed by atoms with van der Waals surface area (Å²) in [6.07, 6.45) is 3.81. The molecule has 4 rings (SSSR count). The van der Waals surface area contributed by atoms with E-state index in [1.807, 2.05) is 0 Å². The van der Waals surface area contributed by atoms with Crippen LogP contribution in [-0.4, -0.2) is 34.2 Å². The number of nitrogens with two attached hydrogens (primary N) is 1. The number of carbonyl (C=O) groups excluding carboxylic acids is 3. The second-order valence-corrected chi connectivity index (χ2v) is 9.68. The number of carbonyl (C=O) groups is 3. The highest BCUT2D eigenvalue weighted by atomic mass is 32.1. The highest BCUT2D eigenvalue weighted by molar-refractivity contribution is 7.09. The Kier molecular flexibility index (Phi) is 8.12. The van der Waals surface area contributed by atoms with E-state index >= 15 is 0 Å². The van der Waals surface area contributed by atoms with Crippen LogP contribution < -0.4 is 21.3 Å². The predicted molar refractivity (Wildman–Crippen MR) is 137 cm³/mol. The quantitative estimate of drug-likeness (QED) is 0.409. The molecule has 3 aromatic rings. The molecule has 1 aromatic heterocycles. The maximum absolute atomic E-state index is 14.1. The van der Waals surface area contributed by atoms with Crippen LogP contribution in [0.5, 0.6) is 0 Å². The van der Waals surface area contributed by atoms with Crippen molar-refractivity contribution in [2.45, 2.75) is 51.2 Å². The number of hydrogen-bond donors (Lipinski definition) is 3. The van der Waals surface area contributed by atoms with E-state index in [0.29, 0.717) is 5.56 Å². The molecule has 1 unspecified atom stereocenters. The highest BCUT2D eigenvalue weighted by Crippen LogP contribution is 2.29. The molecule has 0 bridgehead atoms. The summed E-state index contributed by atoms with van der Waals surface area (Å²) in [5, 5.41) is 5.61. The third-order valence-electron chi connectivity index (χ3n) is 6.28. The molecule has 3 amide bonds. The van der Waals surface area contributed by atoms with Crippen LogP contribution in [0.3, 0.4) is 0 Å². The molecular weight excluding hydrogens is 500 g/mol. The van der Waals surface area contributed by atoms with Crippen LogP contribution in [0.1, 0.15) is 58.3 Å². The first kappa shape index (κ1) is 26.2. The minimum Gasteiger partial charge on any atom is -0.395 e. The van der Waals surface area contributed by atoms with E-state index < -0.39 is 35.4 Å². The first-order chi connectivity index (χ1) is 17.7. The summed E-state index contributed by atoms with van der Waals surface area (Å²) in [5.74, 6) is -2.66. The Balaban J connectivity index is 1.57. The average molecular weight is 528 g/mol. The number of rotatable bonds is 8. The van der Waals surface area contributed by atoms with E-state index in [9.17, 15) is 23.2 Å². The molecule has 0 saturated heterocycles. The monoisotopic (exact) mass is 527 g/mol. The van der Waals surface area contributed by atoms with Gasteiger partial charge in [0, 0.05) is 18.3 Å². The maximum atomic E-state index is 14.1. The lowest BCUT2D eigenvalue weighted by Crippen LogP contribution is -2.48. The molecule has 1 heterocycles. The van der Waals surface area contributed by atoms with Gasteiger partial charge in [-0.25, -0.2) is 8.78 Å². The molecular formula is C26H27F2N5O3S. The molecule has 0 spiro atoms. The summed E-state index contributed by atoms with van der Waals surface area (Å²) in [6.45, 7) is 1.59. The summed E-state index contributed by atoms with van der Waals surface area (Å²) in [7, 11) is 0. The van der Waals surface area contributed by atoms with Crippen LogP contribution in [0, 0.1) is 11.6 Å². The van der Waals surface area contributed by atoms with Crippen LogP contribution in [0.2, 0.25) is 0 Å². The van der Waals surface area contributed by atoms with E-state index in [-0.39, 0.29) is 34.5 Å². The van der Waals surface area contributed by atoms with Crippen molar-refractivity contribution in [2.75, 3.05) is 10.6 Å². The van der Waals surface area contributed by atoms with Gasteiger partial charge in [0.1, 0.15) is 22.6 Å². The van der Waals surface area contributed by atoms with Crippen molar-refractivity contribution in [1.29, 1.82) is 0 Å². The van der Waals surface area contributed by atoms with E-state index in [2.05, 4.69) is 15.0 Å². The summed E-state index contributed by atoms with van der Waals surface area (Å²) < 4.78 is 31.4. The maximum Gasteiger partial charge on any atom is 0.273 e. The van der Waals surface area contributed by atoms with Crippen molar-refractivity contribution in [1.82, 2.24) is 15.0 Å². The topological polar surface area (TPSA) is 117 Å². The Bertz CT molecular complexity index is 1290. The lowest BCUT2D eigenvalue weighted by atomic mass is 10.1. The van der Waals surface area contributed by atoms with Crippen molar-refractivity contribution in [3.8, 4) is 0 Å². The van der Waals surface area contributed by atoms with Gasteiger partial charge >= 0.3 is 0 Å². The minimum absolute atomic E-state index is 0.0287. The second-order valence-electron chi connectivity index (χ2n) is 8.90. The SMILES string of the molecule is CC(C(=O)NCc1ccc(F)cc1)N(C(=O)c1snc(C(=O)NC2CCCC2)c1N)c1cccc(F)c1. The number of anilines is 2. The lowest BCUT2D eigenvalue weighted by molar-refractivity contribution is -0.122. The number of nitrogen functional groups attached to an aromatic ring is 1. The fraction of sp³-hybridized carbons (Fsp3) is 0.308. The number of hydrogen-bond acceptors (Lipinski definition) is 6. The molecule has 0 radical (unpaired) electrons. The van der Waals surface area contributed by atoms with Gasteiger partial charge in [0.05, 0.1) is 5.69 Å². The van der Waals surface area contributed by atoms with E-state index in [1.54, 1.807) is 0 Å². The van der Waals surface area contributed by atoms with Gasteiger partial charge in [0.2, 0.25) is 5.91 Å². The Morgan fingerprint density at radius 3 is 2.49 bits per heavy atom. The normalized spacial score (nSPS) is 14.2. The van der Waals surface area contributed by atoms with Gasteiger partial charge in [-0.15, -0.1) is 0 Å². The van der Waals surface area contributed by atoms with Gasteiger partial charge in [-0.1, -0.05) is 31.0 Å². The van der Waals surface area contributed by atoms with Crippen LogP contribution in [-0.2, 0) is 11.3 Å². The molecule has 1 atom stereocenters. The van der Waals surface area contributed by atoms with E-state index in [0.717, 1.165) is 48.2 Å². The molecule has 4 N–H and O–H groups in total. The van der Waals surface area contributed by atoms with Crippen LogP contribution in [0.25, 0.3) is 0 Å². The van der Waals surface area contributed by atoms with Gasteiger partial charge in [-0.3, -0.25) is 19.3 Å². The van der Waals surface area contributed by atoms with Crippen molar-refractivity contribution in [2.24, 2.45) is 0 Å². The third kappa shape index (κ3) is 6.11. The summed E-state index contributed by atoms with van der Waals surface area (Å²) in [6, 6.07) is 9.86. The summed E-state index contributed by atoms with van der Waals surface area (Å²) in [4.78, 5) is 40.5. The predicted octanol–water partition coefficient (Wildman–Crippen LogP) is 4.03. The zero-order chi connectivity index (χ0) is 26.5. The number of halogens is 2. The molecule has 11 heteroatoms. The summed E-state index contributed by atoms with van der Waals surface area (Å²) in [5.41, 5.74) is 6.84. The molecule has 0 aliphatic heterocycles. The van der Waals surface area contributed by atoms with Crippen LogP contribution in [0.4, 0.5) is 20.2 Å². The van der Waals surface area contributed by atoms with Crippen LogP contribution in [0.15, 0.2) is 48.5 Å². The molecule has 1 aliphatic rings. The Labute approximate surface area is 217 Å². The Morgan fingerprint density at radius 1 is 1.11 bits per heavy atom. The molecule has 1 fully saturated rings. The minimum atomic E-state index is -1.08. The fourth-order valence-corrected chi connectivity index (χ4v) is 4.98. The molecule has 1 aliphatic carbocycles. The molecule has 8 nitrogen and oxygen atoms in total. The van der Waals surface area contributed by atoms with Crippen molar-refractivity contribution < 1.29 is 23.2 Å². The largest absolute Gasteiger partial charge is 0.395 e. The average Bonchev–Trinajstić information content (AvgIpc) is 3.53. The number of aromatic nitrogens is 1. The fourth-order valence-electron chi connectivity index (χ4n) is 4.25. The smallest absolute Gasteiger partial charge is 0.273 e. The van der Waals surface area contributed by atoms with E-state index in [4.69, 9.17) is 5.73 Å². The van der Waals surface area contributed by atoms with Gasteiger partial charge in [-0.2, -0.15) is 4.37 Å². The second kappa shape index (κ2) is 11.5. The van der Waals surface area contributed by atoms with Crippen LogP contribution >= 0.6 is 11.5 Å². The summed E-state index contributed by atoms with van der Waals surface area (Å²) >= 11 is 0.750. The number of amides is 3.